The zero-order chi connectivity index (χ0) is 22.5. The number of hydrogen-bond acceptors (Lipinski definition) is 5. The van der Waals surface area contributed by atoms with Crippen LogP contribution in [-0.2, 0) is 19.6 Å². The fourth-order valence-corrected chi connectivity index (χ4v) is 3.71. The molecular weight excluding hydrogens is 404 g/mol. The molecule has 2 amide bonds. The van der Waals surface area contributed by atoms with E-state index in [1.54, 1.807) is 43.3 Å². The van der Waals surface area contributed by atoms with Crippen molar-refractivity contribution in [2.75, 3.05) is 22.4 Å². The summed E-state index contributed by atoms with van der Waals surface area (Å²) in [6.07, 6.45) is 1.06. The Bertz CT molecular complexity index is 1060. The number of hydrogen-bond donors (Lipinski definition) is 2. The normalized spacial score (nSPS) is 11.7. The molecule has 0 atom stereocenters. The molecular formula is C21H26N4O4S. The SMILES string of the molecule is CC(=O)Nc1ccc(/C(C)=N\NC(=O)CN(c2cc(C)cc(C)c2)S(C)(=O)=O)cc1. The van der Waals surface area contributed by atoms with Crippen molar-refractivity contribution in [3.05, 3.63) is 59.2 Å². The Morgan fingerprint density at radius 1 is 1.00 bits per heavy atom. The van der Waals surface area contributed by atoms with E-state index in [4.69, 9.17) is 0 Å². The maximum atomic E-state index is 12.4. The first-order valence-corrected chi connectivity index (χ1v) is 11.1. The van der Waals surface area contributed by atoms with Gasteiger partial charge in [-0.25, -0.2) is 13.8 Å². The number of aryl methyl sites for hydroxylation is 2. The highest BCUT2D eigenvalue weighted by molar-refractivity contribution is 7.92. The van der Waals surface area contributed by atoms with Crippen LogP contribution in [-0.4, -0.2) is 38.7 Å². The number of rotatable bonds is 7. The Hall–Kier alpha value is -3.20. The van der Waals surface area contributed by atoms with Gasteiger partial charge < -0.3 is 5.32 Å². The van der Waals surface area contributed by atoms with Crippen LogP contribution in [0.1, 0.15) is 30.5 Å². The van der Waals surface area contributed by atoms with Crippen molar-refractivity contribution in [1.29, 1.82) is 0 Å². The molecule has 9 heteroatoms. The third kappa shape index (κ3) is 6.70. The standard InChI is InChI=1S/C21H26N4O4S/c1-14-10-15(2)12-20(11-14)25(30(5,28)29)13-21(27)24-23-16(3)18-6-8-19(9-7-18)22-17(4)26/h6-12H,13H2,1-5H3,(H,22,26)(H,24,27)/b23-16-. The highest BCUT2D eigenvalue weighted by Crippen LogP contribution is 2.21. The van der Waals surface area contributed by atoms with Crippen LogP contribution in [0.4, 0.5) is 11.4 Å². The minimum absolute atomic E-state index is 0.167. The summed E-state index contributed by atoms with van der Waals surface area (Å²) in [5, 5.41) is 6.73. The third-order valence-electron chi connectivity index (χ3n) is 4.15. The monoisotopic (exact) mass is 430 g/mol. The summed E-state index contributed by atoms with van der Waals surface area (Å²) < 4.78 is 25.5. The van der Waals surface area contributed by atoms with Crippen molar-refractivity contribution in [2.45, 2.75) is 27.7 Å². The van der Waals surface area contributed by atoms with Gasteiger partial charge >= 0.3 is 0 Å². The summed E-state index contributed by atoms with van der Waals surface area (Å²) >= 11 is 0. The molecule has 30 heavy (non-hydrogen) atoms. The Morgan fingerprint density at radius 3 is 2.07 bits per heavy atom. The van der Waals surface area contributed by atoms with Crippen LogP contribution >= 0.6 is 0 Å². The minimum atomic E-state index is -3.66. The highest BCUT2D eigenvalue weighted by Gasteiger charge is 2.21. The lowest BCUT2D eigenvalue weighted by atomic mass is 10.1. The largest absolute Gasteiger partial charge is 0.326 e. The van der Waals surface area contributed by atoms with Crippen LogP contribution in [0.2, 0.25) is 0 Å². The Balaban J connectivity index is 2.12. The molecule has 0 unspecified atom stereocenters. The van der Waals surface area contributed by atoms with Gasteiger partial charge in [0.2, 0.25) is 15.9 Å². The average Bonchev–Trinajstić information content (AvgIpc) is 2.62. The van der Waals surface area contributed by atoms with E-state index in [1.807, 2.05) is 19.9 Å². The van der Waals surface area contributed by atoms with E-state index >= 15 is 0 Å². The molecule has 8 nitrogen and oxygen atoms in total. The van der Waals surface area contributed by atoms with E-state index in [-0.39, 0.29) is 12.5 Å². The molecule has 2 N–H and O–H groups in total. The van der Waals surface area contributed by atoms with Crippen molar-refractivity contribution in [1.82, 2.24) is 5.43 Å². The van der Waals surface area contributed by atoms with Crippen LogP contribution in [0, 0.1) is 13.8 Å². The molecule has 0 aliphatic rings. The van der Waals surface area contributed by atoms with E-state index in [0.717, 1.165) is 27.3 Å². The second kappa shape index (κ2) is 9.53. The number of anilines is 2. The summed E-state index contributed by atoms with van der Waals surface area (Å²) in [6.45, 7) is 6.48. The van der Waals surface area contributed by atoms with Crippen molar-refractivity contribution < 1.29 is 18.0 Å². The van der Waals surface area contributed by atoms with Gasteiger partial charge in [-0.15, -0.1) is 0 Å². The molecule has 0 bridgehead atoms. The van der Waals surface area contributed by atoms with Crippen molar-refractivity contribution in [3.63, 3.8) is 0 Å². The van der Waals surface area contributed by atoms with Crippen LogP contribution < -0.4 is 15.0 Å². The molecule has 0 saturated heterocycles. The molecule has 0 fully saturated rings. The molecule has 160 valence electrons. The van der Waals surface area contributed by atoms with Gasteiger partial charge in [-0.1, -0.05) is 18.2 Å². The first-order valence-electron chi connectivity index (χ1n) is 9.23. The molecule has 0 aliphatic carbocycles. The van der Waals surface area contributed by atoms with Gasteiger partial charge in [-0.3, -0.25) is 13.9 Å². The molecule has 0 aromatic heterocycles. The van der Waals surface area contributed by atoms with E-state index in [9.17, 15) is 18.0 Å². The number of amides is 2. The van der Waals surface area contributed by atoms with Gasteiger partial charge in [0.15, 0.2) is 0 Å². The van der Waals surface area contributed by atoms with Crippen LogP contribution in [0.5, 0.6) is 0 Å². The smallest absolute Gasteiger partial charge is 0.260 e. The molecule has 0 saturated carbocycles. The third-order valence-corrected chi connectivity index (χ3v) is 5.29. The first-order chi connectivity index (χ1) is 14.0. The number of nitrogens with one attached hydrogen (secondary N) is 2. The van der Waals surface area contributed by atoms with Gasteiger partial charge in [-0.2, -0.15) is 5.10 Å². The summed E-state index contributed by atoms with van der Waals surface area (Å²) in [7, 11) is -3.66. The quantitative estimate of drug-likeness (QED) is 0.520. The fourth-order valence-electron chi connectivity index (χ4n) is 2.87. The molecule has 0 aliphatic heterocycles. The Morgan fingerprint density at radius 2 is 1.57 bits per heavy atom. The van der Waals surface area contributed by atoms with Crippen molar-refractivity contribution in [3.8, 4) is 0 Å². The minimum Gasteiger partial charge on any atom is -0.326 e. The lowest BCUT2D eigenvalue weighted by molar-refractivity contribution is -0.119. The first kappa shape index (κ1) is 23.1. The van der Waals surface area contributed by atoms with Gasteiger partial charge in [0.05, 0.1) is 17.7 Å². The molecule has 2 aromatic rings. The lowest BCUT2D eigenvalue weighted by Gasteiger charge is -2.22. The van der Waals surface area contributed by atoms with Gasteiger partial charge in [0.1, 0.15) is 6.54 Å². The Kier molecular flexibility index (Phi) is 7.33. The lowest BCUT2D eigenvalue weighted by Crippen LogP contribution is -2.39. The summed E-state index contributed by atoms with van der Waals surface area (Å²) in [5.41, 5.74) is 6.57. The zero-order valence-electron chi connectivity index (χ0n) is 17.7. The number of sulfonamides is 1. The molecule has 2 aromatic carbocycles. The van der Waals surface area contributed by atoms with Crippen molar-refractivity contribution >= 4 is 38.9 Å². The van der Waals surface area contributed by atoms with Gasteiger partial charge in [-0.05, 0) is 61.7 Å². The number of nitrogens with zero attached hydrogens (tertiary/aromatic N) is 2. The predicted molar refractivity (Wildman–Crippen MR) is 119 cm³/mol. The van der Waals surface area contributed by atoms with Crippen molar-refractivity contribution in [2.24, 2.45) is 5.10 Å². The molecule has 2 rings (SSSR count). The second-order valence-corrected chi connectivity index (χ2v) is 9.01. The number of carbonyl (C=O) groups is 2. The average molecular weight is 431 g/mol. The van der Waals surface area contributed by atoms with Crippen LogP contribution in [0.15, 0.2) is 47.6 Å². The Labute approximate surface area is 177 Å². The van der Waals surface area contributed by atoms with E-state index < -0.39 is 15.9 Å². The van der Waals surface area contributed by atoms with E-state index in [1.165, 1.54) is 6.92 Å². The maximum absolute atomic E-state index is 12.4. The van der Waals surface area contributed by atoms with Gasteiger partial charge in [0, 0.05) is 12.6 Å². The number of carbonyl (C=O) groups excluding carboxylic acids is 2. The van der Waals surface area contributed by atoms with Crippen LogP contribution in [0.25, 0.3) is 0 Å². The topological polar surface area (TPSA) is 108 Å². The zero-order valence-corrected chi connectivity index (χ0v) is 18.5. The highest BCUT2D eigenvalue weighted by atomic mass is 32.2. The summed E-state index contributed by atoms with van der Waals surface area (Å²) in [5.74, 6) is -0.728. The fraction of sp³-hybridized carbons (Fsp3) is 0.286. The molecule has 0 radical (unpaired) electrons. The predicted octanol–water partition coefficient (Wildman–Crippen LogP) is 2.57. The summed E-state index contributed by atoms with van der Waals surface area (Å²) in [6, 6.07) is 12.3. The molecule has 0 spiro atoms. The summed E-state index contributed by atoms with van der Waals surface area (Å²) in [4.78, 5) is 23.5. The number of benzene rings is 2. The number of hydrazone groups is 1. The molecule has 0 heterocycles. The second-order valence-electron chi connectivity index (χ2n) is 7.11. The van der Waals surface area contributed by atoms with E-state index in [2.05, 4.69) is 15.8 Å². The van der Waals surface area contributed by atoms with E-state index in [0.29, 0.717) is 17.1 Å². The van der Waals surface area contributed by atoms with Crippen LogP contribution in [0.3, 0.4) is 0 Å². The van der Waals surface area contributed by atoms with Gasteiger partial charge in [0.25, 0.3) is 5.91 Å². The maximum Gasteiger partial charge on any atom is 0.260 e.